The molecular formula is C31H46F2O5. The van der Waals surface area contributed by atoms with E-state index >= 15 is 0 Å². The number of alkyl halides is 2. The van der Waals surface area contributed by atoms with Crippen molar-refractivity contribution in [2.75, 3.05) is 6.61 Å². The molecule has 3 rings (SSSR count). The topological polar surface area (TPSA) is 61.8 Å². The molecule has 0 unspecified atom stereocenters. The van der Waals surface area contributed by atoms with Crippen molar-refractivity contribution in [2.24, 2.45) is 5.92 Å². The number of benzene rings is 1. The molecule has 2 saturated carbocycles. The number of esters is 2. The molecule has 38 heavy (non-hydrogen) atoms. The second-order valence-corrected chi connectivity index (χ2v) is 11.1. The highest BCUT2D eigenvalue weighted by molar-refractivity contribution is 5.75. The Hall–Kier alpha value is -2.18. The summed E-state index contributed by atoms with van der Waals surface area (Å²) < 4.78 is 44.6. The van der Waals surface area contributed by atoms with Crippen LogP contribution in [-0.2, 0) is 19.1 Å². The molecule has 2 aliphatic carbocycles. The molecule has 0 bridgehead atoms. The fourth-order valence-corrected chi connectivity index (χ4v) is 5.46. The fraction of sp³-hybridized carbons (Fsp3) is 0.742. The van der Waals surface area contributed by atoms with E-state index in [0.29, 0.717) is 31.3 Å². The fourth-order valence-electron chi connectivity index (χ4n) is 5.46. The van der Waals surface area contributed by atoms with Gasteiger partial charge in [0.2, 0.25) is 0 Å². The second-order valence-electron chi connectivity index (χ2n) is 11.1. The zero-order valence-electron chi connectivity index (χ0n) is 23.2. The van der Waals surface area contributed by atoms with Gasteiger partial charge in [0.15, 0.2) is 12.3 Å². The number of halogens is 2. The third kappa shape index (κ3) is 9.85. The lowest BCUT2D eigenvalue weighted by Gasteiger charge is -2.29. The number of rotatable bonds is 14. The number of carbonyl (C=O) groups excluding carboxylic acids is 2. The number of ether oxygens (including phenoxy) is 3. The summed E-state index contributed by atoms with van der Waals surface area (Å²) in [6.45, 7) is 4.57. The van der Waals surface area contributed by atoms with Gasteiger partial charge in [-0.05, 0) is 93.7 Å². The lowest BCUT2D eigenvalue weighted by Crippen LogP contribution is -2.30. The smallest absolute Gasteiger partial charge is 0.340 e. The van der Waals surface area contributed by atoms with Crippen LogP contribution in [0, 0.1) is 5.92 Å². The first-order valence-corrected chi connectivity index (χ1v) is 14.8. The summed E-state index contributed by atoms with van der Waals surface area (Å²) in [6, 6.07) is 8.23. The summed E-state index contributed by atoms with van der Waals surface area (Å²) in [5.74, 6) is 0.235. The molecule has 0 saturated heterocycles. The average molecular weight is 537 g/mol. The normalized spacial score (nSPS) is 25.3. The van der Waals surface area contributed by atoms with Gasteiger partial charge in [-0.3, -0.25) is 0 Å². The van der Waals surface area contributed by atoms with Crippen LogP contribution in [0.5, 0.6) is 5.75 Å². The molecule has 0 heterocycles. The van der Waals surface area contributed by atoms with Crippen molar-refractivity contribution in [3.8, 4) is 5.75 Å². The van der Waals surface area contributed by atoms with Gasteiger partial charge < -0.3 is 14.2 Å². The Bertz CT molecular complexity index is 829. The van der Waals surface area contributed by atoms with Gasteiger partial charge in [0.25, 0.3) is 0 Å². The maximum Gasteiger partial charge on any atom is 0.340 e. The standard InChI is InChI=1S/C31H46F2O5/c1-3-5-7-28(32)30(34)37-26-15-9-22(10-16-26)21-36-25-17-11-23(12-18-25)24-13-19-27(20-14-24)38-31(35)29(33)8-6-4-2/h11-12,17-18,22,24,26-29H,3-10,13-16,19-21H2,1-2H3/t22-,24-,26-,27-,28-,29-/m0/s1. The predicted octanol–water partition coefficient (Wildman–Crippen LogP) is 7.79. The van der Waals surface area contributed by atoms with E-state index in [1.165, 1.54) is 5.56 Å². The van der Waals surface area contributed by atoms with Crippen molar-refractivity contribution >= 4 is 11.9 Å². The largest absolute Gasteiger partial charge is 0.493 e. The van der Waals surface area contributed by atoms with Crippen LogP contribution in [0.2, 0.25) is 0 Å². The molecule has 0 spiro atoms. The molecule has 214 valence electrons. The molecule has 0 aliphatic heterocycles. The highest BCUT2D eigenvalue weighted by atomic mass is 19.1. The molecule has 2 fully saturated rings. The van der Waals surface area contributed by atoms with Crippen LogP contribution in [0.15, 0.2) is 24.3 Å². The van der Waals surface area contributed by atoms with Crippen LogP contribution < -0.4 is 4.74 Å². The lowest BCUT2D eigenvalue weighted by atomic mass is 9.82. The summed E-state index contributed by atoms with van der Waals surface area (Å²) >= 11 is 0. The Morgan fingerprint density at radius 1 is 0.763 bits per heavy atom. The number of hydrogen-bond acceptors (Lipinski definition) is 5. The summed E-state index contributed by atoms with van der Waals surface area (Å²) in [4.78, 5) is 23.9. The molecule has 0 radical (unpaired) electrons. The van der Waals surface area contributed by atoms with Crippen LogP contribution >= 0.6 is 0 Å². The third-order valence-electron chi connectivity index (χ3n) is 8.00. The Morgan fingerprint density at radius 2 is 1.24 bits per heavy atom. The SMILES string of the molecule is CCCC[C@H](F)C(=O)O[C@H]1CC[C@H](COc2ccc([C@H]3CC[C@H](OC(=O)[C@@H](F)CCCC)CC3)cc2)CC1. The van der Waals surface area contributed by atoms with E-state index in [4.69, 9.17) is 14.2 Å². The van der Waals surface area contributed by atoms with Crippen molar-refractivity contribution in [3.05, 3.63) is 29.8 Å². The van der Waals surface area contributed by atoms with Crippen LogP contribution in [0.25, 0.3) is 0 Å². The van der Waals surface area contributed by atoms with Crippen LogP contribution in [-0.4, -0.2) is 43.1 Å². The third-order valence-corrected chi connectivity index (χ3v) is 8.00. The minimum Gasteiger partial charge on any atom is -0.493 e. The van der Waals surface area contributed by atoms with E-state index in [0.717, 1.165) is 70.0 Å². The van der Waals surface area contributed by atoms with Crippen molar-refractivity contribution in [1.82, 2.24) is 0 Å². The van der Waals surface area contributed by atoms with Crippen LogP contribution in [0.1, 0.15) is 115 Å². The lowest BCUT2D eigenvalue weighted by molar-refractivity contribution is -0.158. The van der Waals surface area contributed by atoms with E-state index in [2.05, 4.69) is 12.1 Å². The quantitative estimate of drug-likeness (QED) is 0.227. The first kappa shape index (κ1) is 30.4. The van der Waals surface area contributed by atoms with Crippen molar-refractivity contribution in [1.29, 1.82) is 0 Å². The molecular weight excluding hydrogens is 490 g/mol. The molecule has 5 nitrogen and oxygen atoms in total. The van der Waals surface area contributed by atoms with Gasteiger partial charge in [0, 0.05) is 0 Å². The number of unbranched alkanes of at least 4 members (excludes halogenated alkanes) is 2. The van der Waals surface area contributed by atoms with Crippen molar-refractivity contribution in [2.45, 2.75) is 134 Å². The molecule has 1 aromatic rings. The van der Waals surface area contributed by atoms with Crippen molar-refractivity contribution in [3.63, 3.8) is 0 Å². The second kappa shape index (κ2) is 16.0. The average Bonchev–Trinajstić information content (AvgIpc) is 2.94. The minimum atomic E-state index is -1.50. The first-order chi connectivity index (χ1) is 18.4. The van der Waals surface area contributed by atoms with Crippen LogP contribution in [0.3, 0.4) is 0 Å². The molecule has 0 N–H and O–H groups in total. The van der Waals surface area contributed by atoms with Gasteiger partial charge in [0.05, 0.1) is 6.61 Å². The molecule has 0 amide bonds. The molecule has 2 aliphatic rings. The van der Waals surface area contributed by atoms with Gasteiger partial charge in [-0.2, -0.15) is 0 Å². The monoisotopic (exact) mass is 536 g/mol. The van der Waals surface area contributed by atoms with Gasteiger partial charge in [-0.15, -0.1) is 0 Å². The highest BCUT2D eigenvalue weighted by Gasteiger charge is 2.29. The number of carbonyl (C=O) groups is 2. The molecule has 7 heteroatoms. The predicted molar refractivity (Wildman–Crippen MR) is 144 cm³/mol. The molecule has 2 atom stereocenters. The Balaban J connectivity index is 1.33. The summed E-state index contributed by atoms with van der Waals surface area (Å²) in [5.41, 5.74) is 1.25. The van der Waals surface area contributed by atoms with Crippen molar-refractivity contribution < 1.29 is 32.6 Å². The van der Waals surface area contributed by atoms with E-state index in [-0.39, 0.29) is 25.0 Å². The van der Waals surface area contributed by atoms with E-state index in [9.17, 15) is 18.4 Å². The maximum atomic E-state index is 13.9. The Labute approximate surface area is 227 Å². The molecule has 0 aromatic heterocycles. The minimum absolute atomic E-state index is 0.181. The van der Waals surface area contributed by atoms with E-state index < -0.39 is 24.3 Å². The molecule has 1 aromatic carbocycles. The maximum absolute atomic E-state index is 13.9. The zero-order valence-corrected chi connectivity index (χ0v) is 23.2. The van der Waals surface area contributed by atoms with E-state index in [1.807, 2.05) is 26.0 Å². The van der Waals surface area contributed by atoms with Gasteiger partial charge in [-0.25, -0.2) is 18.4 Å². The van der Waals surface area contributed by atoms with Gasteiger partial charge in [-0.1, -0.05) is 51.7 Å². The summed E-state index contributed by atoms with van der Waals surface area (Å²) in [6.07, 6.45) is 6.90. The van der Waals surface area contributed by atoms with Gasteiger partial charge in [0.1, 0.15) is 18.0 Å². The Kier molecular flexibility index (Phi) is 12.8. The summed E-state index contributed by atoms with van der Waals surface area (Å²) in [7, 11) is 0. The van der Waals surface area contributed by atoms with Gasteiger partial charge >= 0.3 is 11.9 Å². The first-order valence-electron chi connectivity index (χ1n) is 14.8. The van der Waals surface area contributed by atoms with E-state index in [1.54, 1.807) is 0 Å². The van der Waals surface area contributed by atoms with Crippen LogP contribution in [0.4, 0.5) is 8.78 Å². The zero-order chi connectivity index (χ0) is 27.3. The number of hydrogen-bond donors (Lipinski definition) is 0. The Morgan fingerprint density at radius 3 is 1.71 bits per heavy atom. The highest BCUT2D eigenvalue weighted by Crippen LogP contribution is 2.35. The summed E-state index contributed by atoms with van der Waals surface area (Å²) in [5, 5.41) is 0.